The maximum absolute atomic E-state index is 10.7. The Morgan fingerprint density at radius 2 is 2.07 bits per heavy atom. The van der Waals surface area contributed by atoms with Crippen LogP contribution >= 0.6 is 0 Å². The lowest BCUT2D eigenvalue weighted by Crippen LogP contribution is -2.18. The molecular weight excluding hydrogens is 188 g/mol. The third-order valence-corrected chi connectivity index (χ3v) is 2.65. The number of benzene rings is 1. The second kappa shape index (κ2) is 4.47. The zero-order valence-corrected chi connectivity index (χ0v) is 9.53. The smallest absolute Gasteiger partial charge is 0.120 e. The van der Waals surface area contributed by atoms with E-state index in [9.17, 15) is 9.90 Å². The maximum atomic E-state index is 10.7. The van der Waals surface area contributed by atoms with Crippen molar-refractivity contribution in [3.63, 3.8) is 0 Å². The van der Waals surface area contributed by atoms with Gasteiger partial charge in [0.2, 0.25) is 0 Å². The molecule has 0 amide bonds. The molecule has 0 radical (unpaired) electrons. The van der Waals surface area contributed by atoms with Crippen LogP contribution in [0.1, 0.15) is 38.7 Å². The number of carbonyl (C=O) groups excluding carboxylic acids is 1. The first-order valence-electron chi connectivity index (χ1n) is 5.17. The van der Waals surface area contributed by atoms with Crippen LogP contribution < -0.4 is 0 Å². The van der Waals surface area contributed by atoms with Gasteiger partial charge in [0.1, 0.15) is 12.0 Å². The van der Waals surface area contributed by atoms with E-state index in [0.717, 1.165) is 11.8 Å². The predicted molar refractivity (Wildman–Crippen MR) is 61.0 cm³/mol. The van der Waals surface area contributed by atoms with E-state index >= 15 is 0 Å². The van der Waals surface area contributed by atoms with Crippen LogP contribution in [-0.2, 0) is 4.79 Å². The highest BCUT2D eigenvalue weighted by Gasteiger charge is 2.25. The molecule has 0 aliphatic rings. The fraction of sp³-hybridized carbons (Fsp3) is 0.462. The summed E-state index contributed by atoms with van der Waals surface area (Å²) in [7, 11) is 0. The molecule has 0 spiro atoms. The van der Waals surface area contributed by atoms with E-state index in [1.807, 2.05) is 12.1 Å². The largest absolute Gasteiger partial charge is 0.508 e. The summed E-state index contributed by atoms with van der Waals surface area (Å²) in [6.45, 7) is 6.31. The van der Waals surface area contributed by atoms with Gasteiger partial charge in [-0.2, -0.15) is 0 Å². The third kappa shape index (κ3) is 3.08. The number of rotatable bonds is 3. The normalized spacial score (nSPS) is 13.5. The molecule has 2 nitrogen and oxygen atoms in total. The summed E-state index contributed by atoms with van der Waals surface area (Å²) in [5.74, 6) is 0.412. The van der Waals surface area contributed by atoms with Gasteiger partial charge in [0.25, 0.3) is 0 Å². The lowest BCUT2D eigenvalue weighted by molar-refractivity contribution is -0.108. The minimum Gasteiger partial charge on any atom is -0.508 e. The highest BCUT2D eigenvalue weighted by molar-refractivity contribution is 5.52. The van der Waals surface area contributed by atoms with Gasteiger partial charge < -0.3 is 9.90 Å². The van der Waals surface area contributed by atoms with Crippen LogP contribution in [0.15, 0.2) is 24.3 Å². The van der Waals surface area contributed by atoms with E-state index in [-0.39, 0.29) is 17.1 Å². The topological polar surface area (TPSA) is 37.3 Å². The molecule has 1 aromatic rings. The lowest BCUT2D eigenvalue weighted by atomic mass is 9.75. The molecule has 15 heavy (non-hydrogen) atoms. The first kappa shape index (κ1) is 11.8. The number of phenols is 1. The number of carbonyl (C=O) groups is 1. The van der Waals surface area contributed by atoms with Crippen molar-refractivity contribution in [3.8, 4) is 5.75 Å². The van der Waals surface area contributed by atoms with Crippen LogP contribution in [0.4, 0.5) is 0 Å². The fourth-order valence-corrected chi connectivity index (χ4v) is 1.83. The van der Waals surface area contributed by atoms with E-state index in [2.05, 4.69) is 20.8 Å². The second-order valence-corrected chi connectivity index (χ2v) is 4.92. The van der Waals surface area contributed by atoms with Crippen molar-refractivity contribution in [2.75, 3.05) is 0 Å². The first-order chi connectivity index (χ1) is 6.95. The van der Waals surface area contributed by atoms with Gasteiger partial charge in [0.15, 0.2) is 0 Å². The Labute approximate surface area is 90.9 Å². The number of aldehydes is 1. The van der Waals surface area contributed by atoms with E-state index in [0.29, 0.717) is 6.42 Å². The minimum atomic E-state index is 0.0225. The molecule has 0 aliphatic heterocycles. The summed E-state index contributed by atoms with van der Waals surface area (Å²) >= 11 is 0. The van der Waals surface area contributed by atoms with Crippen molar-refractivity contribution in [3.05, 3.63) is 29.8 Å². The van der Waals surface area contributed by atoms with Crippen molar-refractivity contribution >= 4 is 6.29 Å². The molecule has 0 fully saturated rings. The van der Waals surface area contributed by atoms with E-state index in [1.54, 1.807) is 12.1 Å². The van der Waals surface area contributed by atoms with Crippen LogP contribution in [0.25, 0.3) is 0 Å². The van der Waals surface area contributed by atoms with Gasteiger partial charge in [-0.1, -0.05) is 32.9 Å². The van der Waals surface area contributed by atoms with Gasteiger partial charge in [0, 0.05) is 6.42 Å². The van der Waals surface area contributed by atoms with Gasteiger partial charge in [0.05, 0.1) is 0 Å². The van der Waals surface area contributed by atoms with Gasteiger partial charge in [-0.3, -0.25) is 0 Å². The second-order valence-electron chi connectivity index (χ2n) is 4.92. The highest BCUT2D eigenvalue weighted by atomic mass is 16.3. The molecule has 0 aliphatic carbocycles. The molecule has 1 unspecified atom stereocenters. The number of hydrogen-bond acceptors (Lipinski definition) is 2. The molecule has 0 heterocycles. The quantitative estimate of drug-likeness (QED) is 0.771. The molecule has 0 saturated carbocycles. The van der Waals surface area contributed by atoms with Crippen LogP contribution in [0.5, 0.6) is 5.75 Å². The van der Waals surface area contributed by atoms with Gasteiger partial charge in [-0.15, -0.1) is 0 Å². The fourth-order valence-electron chi connectivity index (χ4n) is 1.83. The van der Waals surface area contributed by atoms with E-state index in [1.165, 1.54) is 0 Å². The van der Waals surface area contributed by atoms with Crippen LogP contribution in [0.2, 0.25) is 0 Å². The van der Waals surface area contributed by atoms with Crippen molar-refractivity contribution < 1.29 is 9.90 Å². The first-order valence-corrected chi connectivity index (χ1v) is 5.17. The summed E-state index contributed by atoms with van der Waals surface area (Å²) in [4.78, 5) is 10.7. The molecule has 1 rings (SSSR count). The third-order valence-electron chi connectivity index (χ3n) is 2.65. The lowest BCUT2D eigenvalue weighted by Gasteiger charge is -2.29. The van der Waals surface area contributed by atoms with Crippen LogP contribution in [0.3, 0.4) is 0 Å². The Morgan fingerprint density at radius 1 is 1.40 bits per heavy atom. The van der Waals surface area contributed by atoms with Gasteiger partial charge in [-0.05, 0) is 29.0 Å². The van der Waals surface area contributed by atoms with Gasteiger partial charge >= 0.3 is 0 Å². The summed E-state index contributed by atoms with van der Waals surface area (Å²) in [5, 5.41) is 9.41. The van der Waals surface area contributed by atoms with Crippen LogP contribution in [-0.4, -0.2) is 11.4 Å². The maximum Gasteiger partial charge on any atom is 0.120 e. The molecule has 0 aromatic heterocycles. The molecule has 82 valence electrons. The van der Waals surface area contributed by atoms with Gasteiger partial charge in [-0.25, -0.2) is 0 Å². The Morgan fingerprint density at radius 3 is 2.53 bits per heavy atom. The molecule has 0 bridgehead atoms. The molecule has 2 heteroatoms. The zero-order valence-electron chi connectivity index (χ0n) is 9.53. The molecule has 0 saturated heterocycles. The number of hydrogen-bond donors (Lipinski definition) is 1. The summed E-state index contributed by atoms with van der Waals surface area (Å²) < 4.78 is 0. The monoisotopic (exact) mass is 206 g/mol. The SMILES string of the molecule is CC(C)(C)C(CC=O)c1cccc(O)c1. The summed E-state index contributed by atoms with van der Waals surface area (Å²) in [5.41, 5.74) is 1.05. The molecule has 1 N–H and O–H groups in total. The molecular formula is C13H18O2. The predicted octanol–water partition coefficient (Wildman–Crippen LogP) is 3.11. The van der Waals surface area contributed by atoms with Crippen molar-refractivity contribution in [2.24, 2.45) is 5.41 Å². The average molecular weight is 206 g/mol. The molecule has 1 atom stereocenters. The molecule has 1 aromatic carbocycles. The van der Waals surface area contributed by atoms with Crippen molar-refractivity contribution in [2.45, 2.75) is 33.1 Å². The van der Waals surface area contributed by atoms with E-state index < -0.39 is 0 Å². The standard InChI is InChI=1S/C13H18O2/c1-13(2,3)12(7-8-14)10-5-4-6-11(15)9-10/h4-6,8-9,12,15H,7H2,1-3H3. The van der Waals surface area contributed by atoms with E-state index in [4.69, 9.17) is 0 Å². The average Bonchev–Trinajstić information content (AvgIpc) is 2.12. The Kier molecular flexibility index (Phi) is 3.51. The van der Waals surface area contributed by atoms with Crippen molar-refractivity contribution in [1.82, 2.24) is 0 Å². The number of aromatic hydroxyl groups is 1. The summed E-state index contributed by atoms with van der Waals surface area (Å²) in [6.07, 6.45) is 1.44. The Hall–Kier alpha value is -1.31. The number of phenolic OH excluding ortho intramolecular Hbond substituents is 1. The minimum absolute atomic E-state index is 0.0225. The summed E-state index contributed by atoms with van der Waals surface area (Å²) in [6, 6.07) is 7.15. The van der Waals surface area contributed by atoms with Crippen molar-refractivity contribution in [1.29, 1.82) is 0 Å². The Bertz CT molecular complexity index is 337. The highest BCUT2D eigenvalue weighted by Crippen LogP contribution is 2.37. The Balaban J connectivity index is 3.04. The zero-order chi connectivity index (χ0) is 11.5. The van der Waals surface area contributed by atoms with Crippen LogP contribution in [0, 0.1) is 5.41 Å².